The Morgan fingerprint density at radius 2 is 1.88 bits per heavy atom. The van der Waals surface area contributed by atoms with E-state index in [1.54, 1.807) is 4.90 Å². The van der Waals surface area contributed by atoms with E-state index in [1.807, 2.05) is 32.0 Å². The van der Waals surface area contributed by atoms with Crippen LogP contribution in [0.15, 0.2) is 28.7 Å². The van der Waals surface area contributed by atoms with Crippen LogP contribution in [0.2, 0.25) is 0 Å². The smallest absolute Gasteiger partial charge is 0.229 e. The lowest BCUT2D eigenvalue weighted by Gasteiger charge is -2.33. The Morgan fingerprint density at radius 1 is 1.12 bits per heavy atom. The molecule has 1 aliphatic rings. The number of carbonyl (C=O) groups excluding carboxylic acids is 1. The molecule has 1 aromatic heterocycles. The molecule has 1 aromatic carbocycles. The molecule has 0 radical (unpaired) electrons. The van der Waals surface area contributed by atoms with E-state index in [2.05, 4.69) is 42.2 Å². The van der Waals surface area contributed by atoms with Gasteiger partial charge in [0.05, 0.1) is 0 Å². The van der Waals surface area contributed by atoms with Gasteiger partial charge in [0.15, 0.2) is 0 Å². The van der Waals surface area contributed by atoms with Crippen molar-refractivity contribution in [3.05, 3.63) is 40.0 Å². The second-order valence-corrected chi connectivity index (χ2v) is 6.76. The highest BCUT2D eigenvalue weighted by Crippen LogP contribution is 2.23. The first-order valence-electron chi connectivity index (χ1n) is 7.88. The van der Waals surface area contributed by atoms with Gasteiger partial charge in [0.1, 0.15) is 5.82 Å². The lowest BCUT2D eigenvalue weighted by Crippen LogP contribution is -2.46. The van der Waals surface area contributed by atoms with Crippen LogP contribution < -0.4 is 10.2 Å². The van der Waals surface area contributed by atoms with Crippen molar-refractivity contribution in [2.45, 2.75) is 13.8 Å². The van der Waals surface area contributed by atoms with Gasteiger partial charge in [-0.1, -0.05) is 15.9 Å². The number of halogens is 1. The first-order valence-corrected chi connectivity index (χ1v) is 8.67. The van der Waals surface area contributed by atoms with E-state index >= 15 is 0 Å². The first kappa shape index (κ1) is 16.7. The molecule has 0 aliphatic carbocycles. The minimum Gasteiger partial charge on any atom is -0.353 e. The molecule has 24 heavy (non-hydrogen) atoms. The van der Waals surface area contributed by atoms with Crippen LogP contribution in [0.4, 0.5) is 17.5 Å². The number of hydrogen-bond donors (Lipinski definition) is 1. The third-order valence-electron chi connectivity index (χ3n) is 4.04. The molecular weight excluding hydrogens is 370 g/mol. The summed E-state index contributed by atoms with van der Waals surface area (Å²) in [5.74, 6) is 1.48. The molecule has 0 unspecified atom stereocenters. The average Bonchev–Trinajstić information content (AvgIpc) is 2.58. The Hall–Kier alpha value is -2.15. The van der Waals surface area contributed by atoms with Crippen molar-refractivity contribution in [2.24, 2.45) is 0 Å². The molecule has 126 valence electrons. The summed E-state index contributed by atoms with van der Waals surface area (Å²) in [4.78, 5) is 23.9. The first-order chi connectivity index (χ1) is 11.5. The van der Waals surface area contributed by atoms with Crippen LogP contribution in [0.5, 0.6) is 0 Å². The molecular formula is C17H20BrN5O. The molecule has 1 amide bonds. The molecule has 2 aromatic rings. The maximum Gasteiger partial charge on any atom is 0.229 e. The fraction of sp³-hybridized carbons (Fsp3) is 0.353. The van der Waals surface area contributed by atoms with Gasteiger partial charge in [-0.25, -0.2) is 4.98 Å². The van der Waals surface area contributed by atoms with Crippen LogP contribution in [-0.2, 0) is 4.79 Å². The van der Waals surface area contributed by atoms with Crippen molar-refractivity contribution in [3.63, 3.8) is 0 Å². The topological polar surface area (TPSA) is 61.4 Å². The molecule has 3 rings (SSSR count). The summed E-state index contributed by atoms with van der Waals surface area (Å²) in [6.07, 6.45) is 0.908. The molecule has 1 aliphatic heterocycles. The molecule has 1 fully saturated rings. The fourth-order valence-corrected chi connectivity index (χ4v) is 2.92. The van der Waals surface area contributed by atoms with E-state index in [0.29, 0.717) is 5.95 Å². The van der Waals surface area contributed by atoms with Crippen molar-refractivity contribution in [3.8, 4) is 0 Å². The molecule has 1 saturated heterocycles. The molecule has 6 nitrogen and oxygen atoms in total. The standard InChI is InChI=1S/C17H20BrN5O/c1-12-9-14(3-4-15(12)18)20-17-19-13(2)10-16(21-17)23-7-5-22(11-24)6-8-23/h3-4,9-11H,5-8H2,1-2H3,(H,19,20,21). The van der Waals surface area contributed by atoms with Crippen LogP contribution in [-0.4, -0.2) is 47.5 Å². The molecule has 0 bridgehead atoms. The van der Waals surface area contributed by atoms with E-state index in [0.717, 1.165) is 59.8 Å². The van der Waals surface area contributed by atoms with Crippen molar-refractivity contribution >= 4 is 39.8 Å². The normalized spacial score (nSPS) is 14.6. The Morgan fingerprint density at radius 3 is 2.54 bits per heavy atom. The lowest BCUT2D eigenvalue weighted by atomic mass is 10.2. The predicted molar refractivity (Wildman–Crippen MR) is 98.8 cm³/mol. The Bertz CT molecular complexity index is 744. The van der Waals surface area contributed by atoms with Crippen molar-refractivity contribution in [1.29, 1.82) is 0 Å². The summed E-state index contributed by atoms with van der Waals surface area (Å²) in [6.45, 7) is 7.02. The Labute approximate surface area is 150 Å². The maximum absolute atomic E-state index is 10.8. The highest BCUT2D eigenvalue weighted by Gasteiger charge is 2.17. The molecule has 0 spiro atoms. The van der Waals surface area contributed by atoms with E-state index in [-0.39, 0.29) is 0 Å². The number of benzene rings is 1. The minimum absolute atomic E-state index is 0.588. The van der Waals surface area contributed by atoms with E-state index in [4.69, 9.17) is 0 Å². The summed E-state index contributed by atoms with van der Waals surface area (Å²) in [7, 11) is 0. The number of rotatable bonds is 4. The molecule has 0 atom stereocenters. The van der Waals surface area contributed by atoms with Gasteiger partial charge in [-0.05, 0) is 37.6 Å². The van der Waals surface area contributed by atoms with Gasteiger partial charge in [-0.3, -0.25) is 4.79 Å². The average molecular weight is 390 g/mol. The van der Waals surface area contributed by atoms with Gasteiger partial charge >= 0.3 is 0 Å². The van der Waals surface area contributed by atoms with Crippen LogP contribution >= 0.6 is 15.9 Å². The number of amides is 1. The zero-order chi connectivity index (χ0) is 17.1. The van der Waals surface area contributed by atoms with Gasteiger partial charge in [0.2, 0.25) is 12.4 Å². The van der Waals surface area contributed by atoms with Crippen molar-refractivity contribution in [1.82, 2.24) is 14.9 Å². The largest absolute Gasteiger partial charge is 0.353 e. The molecule has 7 heteroatoms. The van der Waals surface area contributed by atoms with Crippen LogP contribution in [0.3, 0.4) is 0 Å². The number of aryl methyl sites for hydroxylation is 2. The monoisotopic (exact) mass is 389 g/mol. The summed E-state index contributed by atoms with van der Waals surface area (Å²) in [5, 5.41) is 3.28. The van der Waals surface area contributed by atoms with Crippen LogP contribution in [0.1, 0.15) is 11.3 Å². The van der Waals surface area contributed by atoms with Gasteiger partial charge in [-0.15, -0.1) is 0 Å². The second-order valence-electron chi connectivity index (χ2n) is 5.91. The van der Waals surface area contributed by atoms with Crippen LogP contribution in [0, 0.1) is 13.8 Å². The molecule has 2 heterocycles. The van der Waals surface area contributed by atoms with Gasteiger partial charge < -0.3 is 15.1 Å². The number of nitrogens with zero attached hydrogens (tertiary/aromatic N) is 4. The minimum atomic E-state index is 0.588. The summed E-state index contributed by atoms with van der Waals surface area (Å²) in [5.41, 5.74) is 3.02. The van der Waals surface area contributed by atoms with Crippen molar-refractivity contribution in [2.75, 3.05) is 36.4 Å². The third-order valence-corrected chi connectivity index (χ3v) is 4.93. The van der Waals surface area contributed by atoms with Gasteiger partial charge in [0, 0.05) is 48.1 Å². The van der Waals surface area contributed by atoms with Crippen molar-refractivity contribution < 1.29 is 4.79 Å². The van der Waals surface area contributed by atoms with E-state index < -0.39 is 0 Å². The number of nitrogens with one attached hydrogen (secondary N) is 1. The fourth-order valence-electron chi connectivity index (χ4n) is 2.68. The summed E-state index contributed by atoms with van der Waals surface area (Å²) in [6, 6.07) is 8.03. The summed E-state index contributed by atoms with van der Waals surface area (Å²) < 4.78 is 1.08. The number of carbonyl (C=O) groups is 1. The van der Waals surface area contributed by atoms with Crippen LogP contribution in [0.25, 0.3) is 0 Å². The zero-order valence-electron chi connectivity index (χ0n) is 13.8. The SMILES string of the molecule is Cc1cc(N2CCN(C=O)CC2)nc(Nc2ccc(Br)c(C)c2)n1. The zero-order valence-corrected chi connectivity index (χ0v) is 15.4. The Balaban J connectivity index is 1.78. The number of hydrogen-bond acceptors (Lipinski definition) is 5. The highest BCUT2D eigenvalue weighted by atomic mass is 79.9. The number of anilines is 3. The van der Waals surface area contributed by atoms with Gasteiger partial charge in [-0.2, -0.15) is 4.98 Å². The number of piperazine rings is 1. The highest BCUT2D eigenvalue weighted by molar-refractivity contribution is 9.10. The summed E-state index contributed by atoms with van der Waals surface area (Å²) >= 11 is 3.51. The lowest BCUT2D eigenvalue weighted by molar-refractivity contribution is -0.118. The Kier molecular flexibility index (Phi) is 4.99. The van der Waals surface area contributed by atoms with E-state index in [1.165, 1.54) is 0 Å². The quantitative estimate of drug-likeness (QED) is 0.814. The van der Waals surface area contributed by atoms with Gasteiger partial charge in [0.25, 0.3) is 0 Å². The third kappa shape index (κ3) is 3.84. The maximum atomic E-state index is 10.8. The number of aromatic nitrogens is 2. The van der Waals surface area contributed by atoms with E-state index in [9.17, 15) is 4.79 Å². The second kappa shape index (κ2) is 7.17. The molecule has 1 N–H and O–H groups in total. The predicted octanol–water partition coefficient (Wildman–Crippen LogP) is 2.88. The molecule has 0 saturated carbocycles.